The van der Waals surface area contributed by atoms with Gasteiger partial charge in [0.15, 0.2) is 0 Å². The van der Waals surface area contributed by atoms with Crippen molar-refractivity contribution in [3.8, 4) is 0 Å². The van der Waals surface area contributed by atoms with Crippen molar-refractivity contribution >= 4 is 5.97 Å². The summed E-state index contributed by atoms with van der Waals surface area (Å²) in [6.45, 7) is 7.17. The molecule has 0 fully saturated rings. The molecule has 0 saturated heterocycles. The van der Waals surface area contributed by atoms with Gasteiger partial charge >= 0.3 is 5.97 Å². The molecule has 21 heavy (non-hydrogen) atoms. The Hall–Kier alpha value is -1.39. The Morgan fingerprint density at radius 1 is 1.33 bits per heavy atom. The van der Waals surface area contributed by atoms with Crippen molar-refractivity contribution < 1.29 is 14.6 Å². The van der Waals surface area contributed by atoms with Crippen LogP contribution in [0, 0.1) is 0 Å². The largest absolute Gasteiger partial charge is 0.480 e. The molecular formula is C17H27NO3. The summed E-state index contributed by atoms with van der Waals surface area (Å²) in [5, 5.41) is 13.0. The topological polar surface area (TPSA) is 58.6 Å². The average molecular weight is 293 g/mol. The first-order valence-electron chi connectivity index (χ1n) is 7.72. The average Bonchev–Trinajstić information content (AvgIpc) is 2.51. The lowest BCUT2D eigenvalue weighted by Crippen LogP contribution is -2.50. The van der Waals surface area contributed by atoms with Crippen LogP contribution in [0.5, 0.6) is 0 Å². The van der Waals surface area contributed by atoms with Gasteiger partial charge in [0.05, 0.1) is 6.10 Å². The molecule has 4 nitrogen and oxygen atoms in total. The molecule has 1 aromatic carbocycles. The van der Waals surface area contributed by atoms with E-state index >= 15 is 0 Å². The number of aliphatic carboxylic acids is 1. The zero-order chi connectivity index (χ0) is 15.7. The first-order valence-corrected chi connectivity index (χ1v) is 7.72. The maximum atomic E-state index is 12.0. The number of carboxylic acids is 1. The van der Waals surface area contributed by atoms with Crippen molar-refractivity contribution in [1.82, 2.24) is 5.32 Å². The van der Waals surface area contributed by atoms with Crippen molar-refractivity contribution in [2.75, 3.05) is 13.2 Å². The molecule has 0 radical (unpaired) electrons. The van der Waals surface area contributed by atoms with Crippen LogP contribution in [0.1, 0.15) is 45.6 Å². The minimum absolute atomic E-state index is 0.151. The summed E-state index contributed by atoms with van der Waals surface area (Å²) >= 11 is 0. The SMILES string of the molecule is CCCNC(CCOC(C)CC)(C(=O)O)c1ccccc1. The van der Waals surface area contributed by atoms with Crippen LogP contribution in [-0.4, -0.2) is 30.3 Å². The fourth-order valence-electron chi connectivity index (χ4n) is 2.23. The molecular weight excluding hydrogens is 266 g/mol. The number of nitrogens with one attached hydrogen (secondary N) is 1. The van der Waals surface area contributed by atoms with E-state index in [1.54, 1.807) is 0 Å². The molecule has 0 heterocycles. The number of benzene rings is 1. The van der Waals surface area contributed by atoms with Gasteiger partial charge in [-0.3, -0.25) is 5.32 Å². The van der Waals surface area contributed by atoms with E-state index in [1.807, 2.05) is 44.2 Å². The molecule has 2 unspecified atom stereocenters. The van der Waals surface area contributed by atoms with Gasteiger partial charge in [-0.25, -0.2) is 4.79 Å². The minimum atomic E-state index is -1.08. The third-order valence-corrected chi connectivity index (χ3v) is 3.76. The first kappa shape index (κ1) is 17.7. The molecule has 4 heteroatoms. The molecule has 0 aliphatic heterocycles. The van der Waals surface area contributed by atoms with Crippen LogP contribution in [-0.2, 0) is 15.1 Å². The zero-order valence-electron chi connectivity index (χ0n) is 13.3. The highest BCUT2D eigenvalue weighted by molar-refractivity contribution is 5.80. The predicted octanol–water partition coefficient (Wildman–Crippen LogP) is 3.17. The molecule has 1 aromatic rings. The lowest BCUT2D eigenvalue weighted by atomic mass is 9.86. The Labute approximate surface area is 127 Å². The van der Waals surface area contributed by atoms with E-state index in [2.05, 4.69) is 12.2 Å². The highest BCUT2D eigenvalue weighted by atomic mass is 16.5. The van der Waals surface area contributed by atoms with E-state index in [1.165, 1.54) is 0 Å². The van der Waals surface area contributed by atoms with Crippen molar-refractivity contribution in [2.45, 2.75) is 51.7 Å². The molecule has 118 valence electrons. The highest BCUT2D eigenvalue weighted by Crippen LogP contribution is 2.26. The van der Waals surface area contributed by atoms with Gasteiger partial charge in [-0.15, -0.1) is 0 Å². The second kappa shape index (κ2) is 8.80. The standard InChI is InChI=1S/C17H27NO3/c1-4-12-18-17(16(19)20,11-13-21-14(3)5-2)15-9-7-6-8-10-15/h6-10,14,18H,4-5,11-13H2,1-3H3,(H,19,20). The second-order valence-electron chi connectivity index (χ2n) is 5.34. The first-order chi connectivity index (χ1) is 10.1. The molecule has 2 atom stereocenters. The van der Waals surface area contributed by atoms with Crippen LogP contribution in [0.25, 0.3) is 0 Å². The molecule has 0 aliphatic carbocycles. The van der Waals surface area contributed by atoms with Crippen LogP contribution >= 0.6 is 0 Å². The van der Waals surface area contributed by atoms with Crippen LogP contribution < -0.4 is 5.32 Å². The van der Waals surface area contributed by atoms with Gasteiger partial charge in [-0.1, -0.05) is 44.2 Å². The predicted molar refractivity (Wildman–Crippen MR) is 84.4 cm³/mol. The Bertz CT molecular complexity index is 421. The summed E-state index contributed by atoms with van der Waals surface area (Å²) in [6, 6.07) is 9.36. The van der Waals surface area contributed by atoms with Crippen LogP contribution in [0.2, 0.25) is 0 Å². The number of ether oxygens (including phenoxy) is 1. The van der Waals surface area contributed by atoms with Crippen molar-refractivity contribution in [3.05, 3.63) is 35.9 Å². The van der Waals surface area contributed by atoms with E-state index in [9.17, 15) is 9.90 Å². The molecule has 0 saturated carbocycles. The van der Waals surface area contributed by atoms with E-state index in [0.29, 0.717) is 19.6 Å². The molecule has 0 amide bonds. The second-order valence-corrected chi connectivity index (χ2v) is 5.34. The molecule has 0 aliphatic rings. The van der Waals surface area contributed by atoms with Gasteiger partial charge in [0.25, 0.3) is 0 Å². The molecule has 1 rings (SSSR count). The number of hydrogen-bond donors (Lipinski definition) is 2. The summed E-state index contributed by atoms with van der Waals surface area (Å²) < 4.78 is 5.69. The van der Waals surface area contributed by atoms with E-state index in [0.717, 1.165) is 18.4 Å². The van der Waals surface area contributed by atoms with Gasteiger partial charge in [-0.2, -0.15) is 0 Å². The number of carbonyl (C=O) groups is 1. The lowest BCUT2D eigenvalue weighted by molar-refractivity contribution is -0.146. The summed E-state index contributed by atoms with van der Waals surface area (Å²) in [4.78, 5) is 12.0. The molecule has 0 spiro atoms. The van der Waals surface area contributed by atoms with Crippen LogP contribution in [0.3, 0.4) is 0 Å². The van der Waals surface area contributed by atoms with E-state index in [4.69, 9.17) is 4.74 Å². The summed E-state index contributed by atoms with van der Waals surface area (Å²) in [6.07, 6.45) is 2.37. The Kier molecular flexibility index (Phi) is 7.40. The Morgan fingerprint density at radius 3 is 2.52 bits per heavy atom. The third kappa shape index (κ3) is 4.83. The maximum absolute atomic E-state index is 12.0. The van der Waals surface area contributed by atoms with E-state index < -0.39 is 11.5 Å². The van der Waals surface area contributed by atoms with Gasteiger partial charge < -0.3 is 9.84 Å². The summed E-state index contributed by atoms with van der Waals surface area (Å²) in [7, 11) is 0. The number of rotatable bonds is 10. The fourth-order valence-corrected chi connectivity index (χ4v) is 2.23. The molecule has 2 N–H and O–H groups in total. The van der Waals surface area contributed by atoms with Gasteiger partial charge in [0, 0.05) is 13.0 Å². The Morgan fingerprint density at radius 2 is 2.00 bits per heavy atom. The number of carboxylic acid groups (broad SMARTS) is 1. The number of hydrogen-bond acceptors (Lipinski definition) is 3. The van der Waals surface area contributed by atoms with Crippen molar-refractivity contribution in [3.63, 3.8) is 0 Å². The van der Waals surface area contributed by atoms with Crippen molar-refractivity contribution in [2.24, 2.45) is 0 Å². The van der Waals surface area contributed by atoms with Gasteiger partial charge in [-0.05, 0) is 31.9 Å². The van der Waals surface area contributed by atoms with Crippen LogP contribution in [0.15, 0.2) is 30.3 Å². The lowest BCUT2D eigenvalue weighted by Gasteiger charge is -2.31. The van der Waals surface area contributed by atoms with E-state index in [-0.39, 0.29) is 6.10 Å². The smallest absolute Gasteiger partial charge is 0.328 e. The highest BCUT2D eigenvalue weighted by Gasteiger charge is 2.39. The maximum Gasteiger partial charge on any atom is 0.328 e. The zero-order valence-corrected chi connectivity index (χ0v) is 13.3. The summed E-state index contributed by atoms with van der Waals surface area (Å²) in [5.74, 6) is -0.852. The third-order valence-electron chi connectivity index (χ3n) is 3.76. The molecule has 0 bridgehead atoms. The van der Waals surface area contributed by atoms with Gasteiger partial charge in [0.1, 0.15) is 5.54 Å². The fraction of sp³-hybridized carbons (Fsp3) is 0.588. The summed E-state index contributed by atoms with van der Waals surface area (Å²) in [5.41, 5.74) is -0.302. The van der Waals surface area contributed by atoms with Crippen molar-refractivity contribution in [1.29, 1.82) is 0 Å². The quantitative estimate of drug-likeness (QED) is 0.695. The van der Waals surface area contributed by atoms with Gasteiger partial charge in [0.2, 0.25) is 0 Å². The monoisotopic (exact) mass is 293 g/mol. The van der Waals surface area contributed by atoms with Crippen LogP contribution in [0.4, 0.5) is 0 Å². The normalized spacial score (nSPS) is 15.4. The minimum Gasteiger partial charge on any atom is -0.480 e. The molecule has 0 aromatic heterocycles. The Balaban J connectivity index is 2.93.